The molecule has 0 saturated carbocycles. The van der Waals surface area contributed by atoms with E-state index < -0.39 is 11.9 Å². The van der Waals surface area contributed by atoms with Gasteiger partial charge in [-0.3, -0.25) is 4.79 Å². The third-order valence-electron chi connectivity index (χ3n) is 3.48. The van der Waals surface area contributed by atoms with Crippen LogP contribution in [0, 0.1) is 11.8 Å². The van der Waals surface area contributed by atoms with Crippen LogP contribution in [0.25, 0.3) is 0 Å². The van der Waals surface area contributed by atoms with Gasteiger partial charge in [-0.05, 0) is 29.5 Å². The summed E-state index contributed by atoms with van der Waals surface area (Å²) in [6, 6.07) is 3.13. The molecule has 0 heterocycles. The highest BCUT2D eigenvalue weighted by Crippen LogP contribution is 2.39. The van der Waals surface area contributed by atoms with Gasteiger partial charge in [-0.2, -0.15) is 0 Å². The lowest BCUT2D eigenvalue weighted by Crippen LogP contribution is -2.26. The van der Waals surface area contributed by atoms with Crippen LogP contribution in [-0.2, 0) is 4.79 Å². The molecule has 0 aliphatic heterocycles. The van der Waals surface area contributed by atoms with Gasteiger partial charge in [0, 0.05) is 5.02 Å². The zero-order chi connectivity index (χ0) is 14.7. The van der Waals surface area contributed by atoms with E-state index >= 15 is 0 Å². The predicted octanol–water partition coefficient (Wildman–Crippen LogP) is 4.43. The molecule has 19 heavy (non-hydrogen) atoms. The molecule has 2 atom stereocenters. The number of rotatable bonds is 5. The van der Waals surface area contributed by atoms with Gasteiger partial charge in [-0.15, -0.1) is 0 Å². The van der Waals surface area contributed by atoms with Crippen molar-refractivity contribution in [3.8, 4) is 0 Å². The van der Waals surface area contributed by atoms with Crippen molar-refractivity contribution in [2.24, 2.45) is 11.8 Å². The van der Waals surface area contributed by atoms with Crippen LogP contribution in [0.1, 0.15) is 38.7 Å². The van der Waals surface area contributed by atoms with Crippen molar-refractivity contribution in [1.29, 1.82) is 0 Å². The number of nitrogens with two attached hydrogens (primary N) is 1. The van der Waals surface area contributed by atoms with Crippen molar-refractivity contribution >= 4 is 34.9 Å². The molecule has 0 fully saturated rings. The topological polar surface area (TPSA) is 63.3 Å². The third-order valence-corrected chi connectivity index (χ3v) is 4.01. The van der Waals surface area contributed by atoms with E-state index in [1.54, 1.807) is 6.07 Å². The largest absolute Gasteiger partial charge is 0.481 e. The second-order valence-electron chi connectivity index (χ2n) is 5.02. The van der Waals surface area contributed by atoms with Crippen molar-refractivity contribution < 1.29 is 9.90 Å². The van der Waals surface area contributed by atoms with E-state index in [0.717, 1.165) is 6.42 Å². The van der Waals surface area contributed by atoms with E-state index in [1.807, 2.05) is 20.8 Å². The molecule has 106 valence electrons. The molecule has 5 heteroatoms. The average Bonchev–Trinajstić information content (AvgIpc) is 2.30. The monoisotopic (exact) mass is 303 g/mol. The molecule has 1 aromatic rings. The number of hydrogen-bond acceptors (Lipinski definition) is 2. The highest BCUT2D eigenvalue weighted by molar-refractivity contribution is 6.36. The Hall–Kier alpha value is -0.930. The van der Waals surface area contributed by atoms with Crippen molar-refractivity contribution in [2.45, 2.75) is 33.1 Å². The van der Waals surface area contributed by atoms with E-state index in [9.17, 15) is 9.90 Å². The summed E-state index contributed by atoms with van der Waals surface area (Å²) in [5.74, 6) is -1.38. The van der Waals surface area contributed by atoms with Gasteiger partial charge in [0.1, 0.15) is 0 Å². The van der Waals surface area contributed by atoms with Crippen molar-refractivity contribution in [2.75, 3.05) is 5.73 Å². The molecule has 0 bridgehead atoms. The standard InChI is InChI=1S/C14H19Cl2NO2/c1-4-9(7(2)3)12(14(18)19)10-5-8(15)6-11(16)13(10)17/h5-7,9,12H,4,17H2,1-3H3,(H,18,19). The van der Waals surface area contributed by atoms with Crippen LogP contribution in [-0.4, -0.2) is 11.1 Å². The van der Waals surface area contributed by atoms with E-state index in [1.165, 1.54) is 6.07 Å². The normalized spacial score (nSPS) is 14.4. The Morgan fingerprint density at radius 3 is 2.37 bits per heavy atom. The Balaban J connectivity index is 3.38. The fourth-order valence-corrected chi connectivity index (χ4v) is 3.01. The molecule has 0 radical (unpaired) electrons. The first-order valence-corrected chi connectivity index (χ1v) is 7.02. The number of carbonyl (C=O) groups is 1. The van der Waals surface area contributed by atoms with Crippen molar-refractivity contribution in [3.63, 3.8) is 0 Å². The molecule has 2 unspecified atom stereocenters. The first-order valence-electron chi connectivity index (χ1n) is 6.26. The minimum Gasteiger partial charge on any atom is -0.481 e. The van der Waals surface area contributed by atoms with Gasteiger partial charge >= 0.3 is 5.97 Å². The molecule has 0 spiro atoms. The van der Waals surface area contributed by atoms with Crippen LogP contribution >= 0.6 is 23.2 Å². The maximum atomic E-state index is 11.6. The maximum absolute atomic E-state index is 11.6. The third kappa shape index (κ3) is 3.54. The molecular weight excluding hydrogens is 285 g/mol. The number of nitrogen functional groups attached to an aromatic ring is 1. The number of aliphatic carboxylic acids is 1. The Kier molecular flexibility index (Phi) is 5.50. The van der Waals surface area contributed by atoms with Crippen LogP contribution in [0.2, 0.25) is 10.0 Å². The average molecular weight is 304 g/mol. The summed E-state index contributed by atoms with van der Waals surface area (Å²) in [5, 5.41) is 10.2. The fourth-order valence-electron chi connectivity index (χ4n) is 2.50. The zero-order valence-electron chi connectivity index (χ0n) is 11.3. The lowest BCUT2D eigenvalue weighted by atomic mass is 9.77. The molecule has 0 saturated heterocycles. The molecule has 0 aliphatic rings. The quantitative estimate of drug-likeness (QED) is 0.791. The van der Waals surface area contributed by atoms with E-state index in [-0.39, 0.29) is 11.8 Å². The lowest BCUT2D eigenvalue weighted by molar-refractivity contribution is -0.140. The number of carboxylic acid groups (broad SMARTS) is 1. The van der Waals surface area contributed by atoms with Crippen LogP contribution in [0.4, 0.5) is 5.69 Å². The van der Waals surface area contributed by atoms with Crippen LogP contribution < -0.4 is 5.73 Å². The molecular formula is C14H19Cl2NO2. The molecule has 3 nitrogen and oxygen atoms in total. The Labute approximate surface area is 123 Å². The number of hydrogen-bond donors (Lipinski definition) is 2. The Morgan fingerprint density at radius 1 is 1.37 bits per heavy atom. The summed E-state index contributed by atoms with van der Waals surface area (Å²) in [7, 11) is 0. The van der Waals surface area contributed by atoms with E-state index in [4.69, 9.17) is 28.9 Å². The van der Waals surface area contributed by atoms with Gasteiger partial charge in [-0.1, -0.05) is 50.4 Å². The summed E-state index contributed by atoms with van der Waals surface area (Å²) in [4.78, 5) is 11.6. The molecule has 0 aliphatic carbocycles. The molecule has 0 amide bonds. The summed E-state index contributed by atoms with van der Waals surface area (Å²) >= 11 is 12.0. The summed E-state index contributed by atoms with van der Waals surface area (Å²) in [6.07, 6.45) is 0.748. The molecule has 1 rings (SSSR count). The van der Waals surface area contributed by atoms with Gasteiger partial charge in [0.25, 0.3) is 0 Å². The SMILES string of the molecule is CCC(C(C)C)C(C(=O)O)c1cc(Cl)cc(Cl)c1N. The Bertz CT molecular complexity index is 475. The number of halogens is 2. The molecule has 0 aromatic heterocycles. The minimum atomic E-state index is -0.898. The first-order chi connectivity index (χ1) is 8.79. The first kappa shape index (κ1) is 16.1. The highest BCUT2D eigenvalue weighted by Gasteiger charge is 2.32. The van der Waals surface area contributed by atoms with E-state index in [0.29, 0.717) is 21.3 Å². The van der Waals surface area contributed by atoms with Gasteiger partial charge in [0.15, 0.2) is 0 Å². The lowest BCUT2D eigenvalue weighted by Gasteiger charge is -2.27. The minimum absolute atomic E-state index is 0.0191. The zero-order valence-corrected chi connectivity index (χ0v) is 12.8. The van der Waals surface area contributed by atoms with Gasteiger partial charge in [-0.25, -0.2) is 0 Å². The second-order valence-corrected chi connectivity index (χ2v) is 5.87. The fraction of sp³-hybridized carbons (Fsp3) is 0.500. The summed E-state index contributed by atoms with van der Waals surface area (Å²) in [5.41, 5.74) is 6.74. The van der Waals surface area contributed by atoms with Gasteiger partial charge in [0.2, 0.25) is 0 Å². The smallest absolute Gasteiger partial charge is 0.311 e. The van der Waals surface area contributed by atoms with Crippen molar-refractivity contribution in [1.82, 2.24) is 0 Å². The summed E-state index contributed by atoms with van der Waals surface area (Å²) in [6.45, 7) is 5.99. The number of benzene rings is 1. The maximum Gasteiger partial charge on any atom is 0.311 e. The van der Waals surface area contributed by atoms with Crippen molar-refractivity contribution in [3.05, 3.63) is 27.7 Å². The Morgan fingerprint density at radius 2 is 1.95 bits per heavy atom. The second kappa shape index (κ2) is 6.49. The van der Waals surface area contributed by atoms with Gasteiger partial charge in [0.05, 0.1) is 16.6 Å². The number of anilines is 1. The van der Waals surface area contributed by atoms with Crippen LogP contribution in [0.15, 0.2) is 12.1 Å². The summed E-state index contributed by atoms with van der Waals surface area (Å²) < 4.78 is 0. The van der Waals surface area contributed by atoms with E-state index in [2.05, 4.69) is 0 Å². The predicted molar refractivity (Wildman–Crippen MR) is 79.9 cm³/mol. The number of carboxylic acids is 1. The van der Waals surface area contributed by atoms with Crippen LogP contribution in [0.3, 0.4) is 0 Å². The molecule has 1 aromatic carbocycles. The van der Waals surface area contributed by atoms with Gasteiger partial charge < -0.3 is 10.8 Å². The van der Waals surface area contributed by atoms with Crippen LogP contribution in [0.5, 0.6) is 0 Å². The highest BCUT2D eigenvalue weighted by atomic mass is 35.5. The molecule has 3 N–H and O–H groups in total.